The molecule has 0 radical (unpaired) electrons. The van der Waals surface area contributed by atoms with Crippen molar-refractivity contribution in [3.8, 4) is 5.88 Å². The fourth-order valence-electron chi connectivity index (χ4n) is 1.94. The molecule has 20 heavy (non-hydrogen) atoms. The van der Waals surface area contributed by atoms with Gasteiger partial charge in [-0.3, -0.25) is 0 Å². The minimum atomic E-state index is 0.602. The van der Waals surface area contributed by atoms with Crippen molar-refractivity contribution in [3.05, 3.63) is 33.3 Å². The van der Waals surface area contributed by atoms with Crippen LogP contribution < -0.4 is 10.1 Å². The van der Waals surface area contributed by atoms with Gasteiger partial charge in [0, 0.05) is 23.2 Å². The Morgan fingerprint density at radius 3 is 3.00 bits per heavy atom. The molecule has 3 rings (SSSR count). The number of rotatable bonds is 5. The van der Waals surface area contributed by atoms with Gasteiger partial charge >= 0.3 is 0 Å². The molecule has 3 heterocycles. The van der Waals surface area contributed by atoms with E-state index in [1.807, 2.05) is 7.05 Å². The summed E-state index contributed by atoms with van der Waals surface area (Å²) in [5.41, 5.74) is 0. The summed E-state index contributed by atoms with van der Waals surface area (Å²) in [6.45, 7) is 2.70. The van der Waals surface area contributed by atoms with Gasteiger partial charge in [-0.1, -0.05) is 6.07 Å². The second kappa shape index (κ2) is 5.76. The first kappa shape index (κ1) is 13.3. The number of nitrogens with zero attached hydrogens (tertiary/aromatic N) is 2. The quantitative estimate of drug-likeness (QED) is 0.780. The normalized spacial score (nSPS) is 10.9. The van der Waals surface area contributed by atoms with Crippen LogP contribution in [0.5, 0.6) is 5.88 Å². The van der Waals surface area contributed by atoms with Crippen molar-refractivity contribution in [2.45, 2.75) is 13.3 Å². The number of aryl methyl sites for hydroxylation is 1. The molecular formula is C14H15N3OS2. The molecule has 0 amide bonds. The summed E-state index contributed by atoms with van der Waals surface area (Å²) in [4.78, 5) is 12.4. The molecule has 0 aliphatic heterocycles. The number of anilines is 1. The fourth-order valence-corrected chi connectivity index (χ4v) is 3.50. The average Bonchev–Trinajstić information content (AvgIpc) is 3.06. The molecule has 0 atom stereocenters. The van der Waals surface area contributed by atoms with Crippen molar-refractivity contribution in [1.82, 2.24) is 9.97 Å². The Morgan fingerprint density at radius 1 is 1.35 bits per heavy atom. The summed E-state index contributed by atoms with van der Waals surface area (Å²) in [5, 5.41) is 6.06. The Labute approximate surface area is 125 Å². The van der Waals surface area contributed by atoms with Crippen molar-refractivity contribution >= 4 is 38.8 Å². The molecule has 0 saturated heterocycles. The van der Waals surface area contributed by atoms with Crippen LogP contribution in [-0.2, 0) is 6.42 Å². The first-order valence-electron chi connectivity index (χ1n) is 6.37. The van der Waals surface area contributed by atoms with E-state index in [0.717, 1.165) is 16.6 Å². The minimum Gasteiger partial charge on any atom is -0.477 e. The number of aromatic nitrogens is 2. The largest absolute Gasteiger partial charge is 0.477 e. The summed E-state index contributed by atoms with van der Waals surface area (Å²) in [5.74, 6) is 1.27. The molecule has 3 aromatic rings. The van der Waals surface area contributed by atoms with Gasteiger partial charge in [0.25, 0.3) is 0 Å². The lowest BCUT2D eigenvalue weighted by Gasteiger charge is -2.07. The van der Waals surface area contributed by atoms with Gasteiger partial charge in [-0.2, -0.15) is 4.98 Å². The number of nitrogens with one attached hydrogen (secondary N) is 1. The molecule has 0 aromatic carbocycles. The molecule has 104 valence electrons. The van der Waals surface area contributed by atoms with E-state index in [9.17, 15) is 0 Å². The van der Waals surface area contributed by atoms with Crippen LogP contribution in [0.1, 0.15) is 9.75 Å². The van der Waals surface area contributed by atoms with Crippen molar-refractivity contribution < 1.29 is 4.74 Å². The van der Waals surface area contributed by atoms with Crippen LogP contribution in [0.3, 0.4) is 0 Å². The lowest BCUT2D eigenvalue weighted by Crippen LogP contribution is -2.04. The van der Waals surface area contributed by atoms with Crippen LogP contribution in [-0.4, -0.2) is 23.6 Å². The molecule has 4 nitrogen and oxygen atoms in total. The molecule has 0 saturated carbocycles. The van der Waals surface area contributed by atoms with Gasteiger partial charge in [0.1, 0.15) is 4.83 Å². The van der Waals surface area contributed by atoms with E-state index < -0.39 is 0 Å². The molecule has 6 heteroatoms. The van der Waals surface area contributed by atoms with Gasteiger partial charge in [0.2, 0.25) is 11.8 Å². The molecule has 0 fully saturated rings. The summed E-state index contributed by atoms with van der Waals surface area (Å²) in [6.07, 6.45) is 0.904. The Bertz CT molecular complexity index is 707. The van der Waals surface area contributed by atoms with Gasteiger partial charge in [-0.15, -0.1) is 22.7 Å². The zero-order valence-electron chi connectivity index (χ0n) is 11.3. The van der Waals surface area contributed by atoms with Gasteiger partial charge in [-0.25, -0.2) is 4.98 Å². The average molecular weight is 305 g/mol. The topological polar surface area (TPSA) is 47.0 Å². The van der Waals surface area contributed by atoms with Crippen LogP contribution in [0.2, 0.25) is 0 Å². The van der Waals surface area contributed by atoms with E-state index in [0.29, 0.717) is 18.4 Å². The van der Waals surface area contributed by atoms with E-state index >= 15 is 0 Å². The fraction of sp³-hybridized carbons (Fsp3) is 0.286. The summed E-state index contributed by atoms with van der Waals surface area (Å²) in [7, 11) is 1.82. The number of hydrogen-bond donors (Lipinski definition) is 1. The van der Waals surface area contributed by atoms with Crippen molar-refractivity contribution in [3.63, 3.8) is 0 Å². The zero-order chi connectivity index (χ0) is 13.9. The number of ether oxygens (including phenoxy) is 1. The monoisotopic (exact) mass is 305 g/mol. The van der Waals surface area contributed by atoms with Crippen LogP contribution in [0.4, 0.5) is 5.95 Å². The predicted octanol–water partition coefficient (Wildman–Crippen LogP) is 3.72. The first-order valence-corrected chi connectivity index (χ1v) is 8.07. The molecule has 1 N–H and O–H groups in total. The lowest BCUT2D eigenvalue weighted by molar-refractivity contribution is 0.315. The minimum absolute atomic E-state index is 0.602. The number of hydrogen-bond acceptors (Lipinski definition) is 6. The molecular weight excluding hydrogens is 290 g/mol. The highest BCUT2D eigenvalue weighted by atomic mass is 32.1. The van der Waals surface area contributed by atoms with Gasteiger partial charge in [0.05, 0.1) is 12.0 Å². The summed E-state index contributed by atoms with van der Waals surface area (Å²) in [6, 6.07) is 6.27. The Morgan fingerprint density at radius 2 is 2.25 bits per heavy atom. The molecule has 0 bridgehead atoms. The third-order valence-corrected chi connectivity index (χ3v) is 4.75. The SMILES string of the molecule is CNc1nc(OCCc2cccs2)c2cc(C)sc2n1. The highest BCUT2D eigenvalue weighted by Crippen LogP contribution is 2.31. The Balaban J connectivity index is 1.81. The second-order valence-corrected chi connectivity index (χ2v) is 6.62. The second-order valence-electron chi connectivity index (χ2n) is 4.36. The van der Waals surface area contributed by atoms with Gasteiger partial charge in [0.15, 0.2) is 0 Å². The predicted molar refractivity (Wildman–Crippen MR) is 85.2 cm³/mol. The number of fused-ring (bicyclic) bond motifs is 1. The van der Waals surface area contributed by atoms with Crippen LogP contribution >= 0.6 is 22.7 Å². The van der Waals surface area contributed by atoms with Crippen molar-refractivity contribution in [1.29, 1.82) is 0 Å². The molecule has 0 aliphatic rings. The number of thiophene rings is 2. The molecule has 3 aromatic heterocycles. The highest BCUT2D eigenvalue weighted by Gasteiger charge is 2.11. The lowest BCUT2D eigenvalue weighted by atomic mass is 10.3. The maximum atomic E-state index is 5.87. The third-order valence-electron chi connectivity index (χ3n) is 2.87. The van der Waals surface area contributed by atoms with E-state index in [1.165, 1.54) is 9.75 Å². The summed E-state index contributed by atoms with van der Waals surface area (Å²) < 4.78 is 5.87. The Hall–Kier alpha value is -1.66. The maximum absolute atomic E-state index is 5.87. The van der Waals surface area contributed by atoms with Crippen molar-refractivity contribution in [2.24, 2.45) is 0 Å². The third kappa shape index (κ3) is 2.76. The van der Waals surface area contributed by atoms with E-state index in [2.05, 4.69) is 45.8 Å². The molecule has 0 unspecified atom stereocenters. The highest BCUT2D eigenvalue weighted by molar-refractivity contribution is 7.18. The smallest absolute Gasteiger partial charge is 0.227 e. The maximum Gasteiger partial charge on any atom is 0.227 e. The first-order chi connectivity index (χ1) is 9.76. The van der Waals surface area contributed by atoms with E-state index in [4.69, 9.17) is 4.74 Å². The molecule has 0 aliphatic carbocycles. The summed E-state index contributed by atoms with van der Waals surface area (Å²) >= 11 is 3.41. The van der Waals surface area contributed by atoms with Crippen LogP contribution in [0.15, 0.2) is 23.6 Å². The molecule has 0 spiro atoms. The van der Waals surface area contributed by atoms with Gasteiger partial charge in [-0.05, 0) is 24.4 Å². The Kier molecular flexibility index (Phi) is 3.84. The standard InChI is InChI=1S/C14H15N3OS2/c1-9-8-11-12(16-14(15-2)17-13(11)20-9)18-6-5-10-4-3-7-19-10/h3-4,7-8H,5-6H2,1-2H3,(H,15,16,17). The van der Waals surface area contributed by atoms with Gasteiger partial charge < -0.3 is 10.1 Å². The van der Waals surface area contributed by atoms with E-state index in [-0.39, 0.29) is 0 Å². The van der Waals surface area contributed by atoms with Crippen molar-refractivity contribution in [2.75, 3.05) is 19.0 Å². The van der Waals surface area contributed by atoms with Crippen LogP contribution in [0.25, 0.3) is 10.2 Å². The van der Waals surface area contributed by atoms with Crippen LogP contribution in [0, 0.1) is 6.92 Å². The van der Waals surface area contributed by atoms with E-state index in [1.54, 1.807) is 22.7 Å². The zero-order valence-corrected chi connectivity index (χ0v) is 13.0.